The van der Waals surface area contributed by atoms with Gasteiger partial charge >= 0.3 is 0 Å². The van der Waals surface area contributed by atoms with Crippen molar-refractivity contribution in [3.05, 3.63) is 63.4 Å². The zero-order chi connectivity index (χ0) is 16.2. The molecule has 0 fully saturated rings. The number of carbonyl (C=O) groups is 1. The molecule has 0 bridgehead atoms. The van der Waals surface area contributed by atoms with Crippen LogP contribution in [0.3, 0.4) is 0 Å². The molecule has 2 heterocycles. The number of nitrogens with zero attached hydrogens (tertiary/aromatic N) is 2. The molecule has 4 heteroatoms. The van der Waals surface area contributed by atoms with Gasteiger partial charge in [0.05, 0.1) is 17.7 Å². The molecule has 0 spiro atoms. The highest BCUT2D eigenvalue weighted by atomic mass is 32.1. The summed E-state index contributed by atoms with van der Waals surface area (Å²) >= 11 is 1.78. The number of thiophene rings is 1. The van der Waals surface area contributed by atoms with E-state index in [1.165, 1.54) is 10.4 Å². The van der Waals surface area contributed by atoms with E-state index in [-0.39, 0.29) is 11.9 Å². The Morgan fingerprint density at radius 1 is 1.43 bits per heavy atom. The molecule has 1 amide bonds. The lowest BCUT2D eigenvalue weighted by Crippen LogP contribution is -2.38. The molecule has 1 unspecified atom stereocenters. The number of amides is 1. The summed E-state index contributed by atoms with van der Waals surface area (Å²) in [4.78, 5) is 16.0. The first kappa shape index (κ1) is 15.5. The van der Waals surface area contributed by atoms with Crippen molar-refractivity contribution in [2.45, 2.75) is 25.8 Å². The van der Waals surface area contributed by atoms with Gasteiger partial charge in [0.25, 0.3) is 0 Å². The van der Waals surface area contributed by atoms with Crippen molar-refractivity contribution in [3.8, 4) is 6.07 Å². The van der Waals surface area contributed by atoms with E-state index in [1.807, 2.05) is 23.1 Å². The Bertz CT molecular complexity index is 785. The third-order valence-corrected chi connectivity index (χ3v) is 5.25. The second-order valence-electron chi connectivity index (χ2n) is 5.54. The maximum atomic E-state index is 12.6. The van der Waals surface area contributed by atoms with Crippen molar-refractivity contribution in [2.75, 3.05) is 6.54 Å². The van der Waals surface area contributed by atoms with Crippen LogP contribution in [0.5, 0.6) is 0 Å². The monoisotopic (exact) mass is 322 g/mol. The molecule has 0 aliphatic carbocycles. The number of fused-ring (bicyclic) bond motifs is 1. The summed E-state index contributed by atoms with van der Waals surface area (Å²) in [6.45, 7) is 2.88. The first-order valence-corrected chi connectivity index (χ1v) is 8.66. The topological polar surface area (TPSA) is 44.1 Å². The minimum Gasteiger partial charge on any atom is -0.332 e. The van der Waals surface area contributed by atoms with E-state index >= 15 is 0 Å². The van der Waals surface area contributed by atoms with Crippen molar-refractivity contribution in [1.82, 2.24) is 4.90 Å². The quantitative estimate of drug-likeness (QED) is 0.796. The number of hydrogen-bond donors (Lipinski definition) is 0. The van der Waals surface area contributed by atoms with Crippen LogP contribution in [0.15, 0.2) is 41.8 Å². The molecular weight excluding hydrogens is 304 g/mol. The lowest BCUT2D eigenvalue weighted by atomic mass is 9.97. The molecule has 0 radical (unpaired) electrons. The maximum Gasteiger partial charge on any atom is 0.247 e. The highest BCUT2D eigenvalue weighted by Gasteiger charge is 2.29. The summed E-state index contributed by atoms with van der Waals surface area (Å²) in [7, 11) is 0. The molecule has 1 atom stereocenters. The molecular formula is C19H18N2OS. The minimum atomic E-state index is 0.0152. The predicted octanol–water partition coefficient (Wildman–Crippen LogP) is 4.17. The van der Waals surface area contributed by atoms with Gasteiger partial charge in [0.15, 0.2) is 0 Å². The summed E-state index contributed by atoms with van der Waals surface area (Å²) in [5.74, 6) is 0.0152. The van der Waals surface area contributed by atoms with E-state index in [0.717, 1.165) is 24.9 Å². The van der Waals surface area contributed by atoms with Gasteiger partial charge in [0, 0.05) is 17.5 Å². The van der Waals surface area contributed by atoms with Gasteiger partial charge in [-0.25, -0.2) is 0 Å². The zero-order valence-electron chi connectivity index (χ0n) is 13.0. The summed E-state index contributed by atoms with van der Waals surface area (Å²) < 4.78 is 0. The fraction of sp³-hybridized carbons (Fsp3) is 0.263. The van der Waals surface area contributed by atoms with Crippen molar-refractivity contribution in [1.29, 1.82) is 5.26 Å². The summed E-state index contributed by atoms with van der Waals surface area (Å²) in [6.07, 6.45) is 5.18. The normalized spacial score (nSPS) is 17.0. The summed E-state index contributed by atoms with van der Waals surface area (Å²) in [6, 6.07) is 11.8. The standard InChI is InChI=1S/C19H18N2OS/c1-2-17-16-10-12-23-18(16)9-11-21(17)19(22)8-7-14-5-3-4-6-15(14)13-20/h3-8,10,12,17H,2,9,11H2,1H3/b8-7+. The first-order chi connectivity index (χ1) is 11.2. The first-order valence-electron chi connectivity index (χ1n) is 7.78. The molecule has 1 aromatic carbocycles. The highest BCUT2D eigenvalue weighted by molar-refractivity contribution is 7.10. The second-order valence-corrected chi connectivity index (χ2v) is 6.54. The van der Waals surface area contributed by atoms with Gasteiger partial charge in [-0.05, 0) is 47.6 Å². The fourth-order valence-electron chi connectivity index (χ4n) is 3.10. The smallest absolute Gasteiger partial charge is 0.247 e. The van der Waals surface area contributed by atoms with Gasteiger partial charge < -0.3 is 4.90 Å². The van der Waals surface area contributed by atoms with Crippen LogP contribution in [0.25, 0.3) is 6.08 Å². The highest BCUT2D eigenvalue weighted by Crippen LogP contribution is 2.35. The Kier molecular flexibility index (Phi) is 4.59. The molecule has 2 aromatic rings. The van der Waals surface area contributed by atoms with Crippen molar-refractivity contribution in [2.24, 2.45) is 0 Å². The second kappa shape index (κ2) is 6.80. The average molecular weight is 322 g/mol. The third kappa shape index (κ3) is 3.06. The van der Waals surface area contributed by atoms with Crippen molar-refractivity contribution < 1.29 is 4.79 Å². The molecule has 1 aliphatic rings. The van der Waals surface area contributed by atoms with Crippen molar-refractivity contribution in [3.63, 3.8) is 0 Å². The number of carbonyl (C=O) groups excluding carboxylic acids is 1. The average Bonchev–Trinajstić information content (AvgIpc) is 3.07. The van der Waals surface area contributed by atoms with Gasteiger partial charge in [-0.2, -0.15) is 5.26 Å². The van der Waals surface area contributed by atoms with Gasteiger partial charge in [0.2, 0.25) is 5.91 Å². The molecule has 3 nitrogen and oxygen atoms in total. The van der Waals surface area contributed by atoms with Crippen LogP contribution >= 0.6 is 11.3 Å². The minimum absolute atomic E-state index is 0.0152. The summed E-state index contributed by atoms with van der Waals surface area (Å²) in [5.41, 5.74) is 2.66. The molecule has 0 N–H and O–H groups in total. The molecule has 1 aromatic heterocycles. The van der Waals surface area contributed by atoms with Crippen LogP contribution in [0.2, 0.25) is 0 Å². The van der Waals surface area contributed by atoms with Gasteiger partial charge in [0.1, 0.15) is 0 Å². The van der Waals surface area contributed by atoms with E-state index in [1.54, 1.807) is 29.6 Å². The molecule has 116 valence electrons. The third-order valence-electron chi connectivity index (χ3n) is 4.25. The Balaban J connectivity index is 1.81. The van der Waals surface area contributed by atoms with E-state index in [9.17, 15) is 4.79 Å². The number of nitriles is 1. The van der Waals surface area contributed by atoms with E-state index < -0.39 is 0 Å². The van der Waals surface area contributed by atoms with E-state index in [4.69, 9.17) is 5.26 Å². The molecule has 23 heavy (non-hydrogen) atoms. The van der Waals surface area contributed by atoms with Gasteiger partial charge in [-0.15, -0.1) is 11.3 Å². The number of hydrogen-bond acceptors (Lipinski definition) is 3. The van der Waals surface area contributed by atoms with E-state index in [0.29, 0.717) is 5.56 Å². The van der Waals surface area contributed by atoms with Crippen LogP contribution in [0.4, 0.5) is 0 Å². The SMILES string of the molecule is CCC1c2ccsc2CCN1C(=O)/C=C/c1ccccc1C#N. The van der Waals surface area contributed by atoms with Crippen LogP contribution in [-0.4, -0.2) is 17.4 Å². The summed E-state index contributed by atoms with van der Waals surface area (Å²) in [5, 5.41) is 11.2. The van der Waals surface area contributed by atoms with Gasteiger partial charge in [-0.3, -0.25) is 4.79 Å². The maximum absolute atomic E-state index is 12.6. The Hall–Kier alpha value is -2.38. The number of rotatable bonds is 3. The Morgan fingerprint density at radius 3 is 3.04 bits per heavy atom. The molecule has 0 saturated heterocycles. The van der Waals surface area contributed by atoms with Crippen LogP contribution in [-0.2, 0) is 11.2 Å². The lowest BCUT2D eigenvalue weighted by Gasteiger charge is -2.34. The molecule has 0 saturated carbocycles. The fourth-order valence-corrected chi connectivity index (χ4v) is 4.03. The molecule has 3 rings (SSSR count). The largest absolute Gasteiger partial charge is 0.332 e. The Morgan fingerprint density at radius 2 is 2.26 bits per heavy atom. The van der Waals surface area contributed by atoms with Crippen LogP contribution < -0.4 is 0 Å². The number of benzene rings is 1. The van der Waals surface area contributed by atoms with Crippen molar-refractivity contribution >= 4 is 23.3 Å². The zero-order valence-corrected chi connectivity index (χ0v) is 13.8. The lowest BCUT2D eigenvalue weighted by molar-refractivity contribution is -0.128. The van der Waals surface area contributed by atoms with Crippen LogP contribution in [0, 0.1) is 11.3 Å². The van der Waals surface area contributed by atoms with Gasteiger partial charge in [-0.1, -0.05) is 25.1 Å². The Labute approximate surface area is 140 Å². The predicted molar refractivity (Wildman–Crippen MR) is 93.0 cm³/mol. The van der Waals surface area contributed by atoms with Crippen LogP contribution in [0.1, 0.15) is 41.0 Å². The molecule has 1 aliphatic heterocycles. The van der Waals surface area contributed by atoms with E-state index in [2.05, 4.69) is 24.4 Å².